The highest BCUT2D eigenvalue weighted by atomic mass is 16.5. The molecule has 150 valence electrons. The second-order valence-electron chi connectivity index (χ2n) is 9.28. The Bertz CT molecular complexity index is 397. The van der Waals surface area contributed by atoms with Crippen molar-refractivity contribution in [3.05, 3.63) is 0 Å². The van der Waals surface area contributed by atoms with Crippen molar-refractivity contribution >= 4 is 0 Å². The van der Waals surface area contributed by atoms with Gasteiger partial charge >= 0.3 is 0 Å². The molecule has 2 aliphatic rings. The quantitative estimate of drug-likeness (QED) is 0.359. The van der Waals surface area contributed by atoms with Crippen LogP contribution in [0.1, 0.15) is 117 Å². The minimum absolute atomic E-state index is 0.181. The first-order valence-corrected chi connectivity index (χ1v) is 11.7. The Labute approximate surface area is 163 Å². The fourth-order valence-electron chi connectivity index (χ4n) is 5.02. The van der Waals surface area contributed by atoms with Gasteiger partial charge < -0.3 is 4.74 Å². The van der Waals surface area contributed by atoms with E-state index in [9.17, 15) is 5.26 Å². The maximum Gasteiger partial charge on any atom is 0.0807 e. The number of nitrogens with zero attached hydrogens (tertiary/aromatic N) is 1. The number of ether oxygens (including phenoxy) is 1. The van der Waals surface area contributed by atoms with Gasteiger partial charge in [-0.05, 0) is 63.2 Å². The Morgan fingerprint density at radius 2 is 1.42 bits per heavy atom. The molecule has 0 aromatic heterocycles. The molecule has 0 spiro atoms. The summed E-state index contributed by atoms with van der Waals surface area (Å²) in [7, 11) is 0. The van der Waals surface area contributed by atoms with Crippen molar-refractivity contribution in [2.75, 3.05) is 6.61 Å². The van der Waals surface area contributed by atoms with Crippen LogP contribution in [0.15, 0.2) is 0 Å². The molecule has 0 heterocycles. The van der Waals surface area contributed by atoms with Crippen molar-refractivity contribution < 1.29 is 4.74 Å². The number of rotatable bonds is 11. The molecule has 0 aliphatic heterocycles. The fraction of sp³-hybridized carbons (Fsp3) is 0.958. The SMILES string of the molecule is CCCCCCC1CCC(OCC2(C#N)CCC(CCCC)CC2)CC1. The van der Waals surface area contributed by atoms with E-state index in [0.29, 0.717) is 12.7 Å². The molecule has 2 saturated carbocycles. The molecule has 2 nitrogen and oxygen atoms in total. The van der Waals surface area contributed by atoms with Crippen molar-refractivity contribution in [3.8, 4) is 6.07 Å². The molecular weight excluding hydrogens is 318 g/mol. The highest BCUT2D eigenvalue weighted by Crippen LogP contribution is 2.41. The Balaban J connectivity index is 1.63. The third-order valence-corrected chi connectivity index (χ3v) is 7.12. The lowest BCUT2D eigenvalue weighted by Crippen LogP contribution is -2.34. The van der Waals surface area contributed by atoms with Gasteiger partial charge in [-0.25, -0.2) is 0 Å². The standard InChI is InChI=1S/C24H43NO/c1-3-5-7-8-10-21-11-13-23(14-12-21)26-20-24(19-25)17-15-22(16-18-24)9-6-4-2/h21-23H,3-18,20H2,1-2H3. The molecule has 2 heteroatoms. The summed E-state index contributed by atoms with van der Waals surface area (Å²) in [6.07, 6.45) is 21.1. The van der Waals surface area contributed by atoms with E-state index in [1.807, 2.05) is 0 Å². The predicted molar refractivity (Wildman–Crippen MR) is 110 cm³/mol. The van der Waals surface area contributed by atoms with E-state index in [1.165, 1.54) is 89.9 Å². The van der Waals surface area contributed by atoms with Crippen LogP contribution in [0.25, 0.3) is 0 Å². The van der Waals surface area contributed by atoms with Crippen LogP contribution in [0.4, 0.5) is 0 Å². The van der Waals surface area contributed by atoms with Crippen LogP contribution in [-0.2, 0) is 4.74 Å². The van der Waals surface area contributed by atoms with Gasteiger partial charge in [0.25, 0.3) is 0 Å². The van der Waals surface area contributed by atoms with Crippen LogP contribution >= 0.6 is 0 Å². The van der Waals surface area contributed by atoms with Gasteiger partial charge in [0, 0.05) is 0 Å². The first-order valence-electron chi connectivity index (χ1n) is 11.7. The minimum atomic E-state index is -0.181. The van der Waals surface area contributed by atoms with Crippen LogP contribution in [0.2, 0.25) is 0 Å². The third-order valence-electron chi connectivity index (χ3n) is 7.12. The van der Waals surface area contributed by atoms with Gasteiger partial charge in [-0.1, -0.05) is 65.2 Å². The molecule has 2 aliphatic carbocycles. The normalized spacial score (nSPS) is 32.3. The number of hydrogen-bond donors (Lipinski definition) is 0. The van der Waals surface area contributed by atoms with E-state index in [0.717, 1.165) is 24.7 Å². The third kappa shape index (κ3) is 7.22. The molecule has 0 aromatic rings. The molecule has 0 N–H and O–H groups in total. The van der Waals surface area contributed by atoms with E-state index in [4.69, 9.17) is 4.74 Å². The Morgan fingerprint density at radius 3 is 2.04 bits per heavy atom. The zero-order chi connectivity index (χ0) is 18.7. The fourth-order valence-corrected chi connectivity index (χ4v) is 5.02. The molecule has 0 radical (unpaired) electrons. The lowest BCUT2D eigenvalue weighted by atomic mass is 9.70. The Kier molecular flexibility index (Phi) is 10.1. The molecule has 0 amide bonds. The highest BCUT2D eigenvalue weighted by molar-refractivity contribution is 5.02. The smallest absolute Gasteiger partial charge is 0.0807 e. The Hall–Kier alpha value is -0.550. The van der Waals surface area contributed by atoms with Crippen LogP contribution in [-0.4, -0.2) is 12.7 Å². The highest BCUT2D eigenvalue weighted by Gasteiger charge is 2.36. The monoisotopic (exact) mass is 361 g/mol. The van der Waals surface area contributed by atoms with E-state index >= 15 is 0 Å². The largest absolute Gasteiger partial charge is 0.377 e. The lowest BCUT2D eigenvalue weighted by Gasteiger charge is -2.37. The maximum atomic E-state index is 9.79. The molecule has 0 bridgehead atoms. The zero-order valence-electron chi connectivity index (χ0n) is 17.6. The summed E-state index contributed by atoms with van der Waals surface area (Å²) in [5, 5.41) is 9.79. The molecule has 0 aromatic carbocycles. The first-order chi connectivity index (χ1) is 12.7. The summed E-state index contributed by atoms with van der Waals surface area (Å²) in [5.41, 5.74) is -0.181. The molecule has 2 rings (SSSR count). The minimum Gasteiger partial charge on any atom is -0.377 e. The van der Waals surface area contributed by atoms with Crippen molar-refractivity contribution in [3.63, 3.8) is 0 Å². The van der Waals surface area contributed by atoms with Gasteiger partial charge in [0.2, 0.25) is 0 Å². The van der Waals surface area contributed by atoms with Gasteiger partial charge in [0.15, 0.2) is 0 Å². The maximum absolute atomic E-state index is 9.79. The zero-order valence-corrected chi connectivity index (χ0v) is 17.6. The van der Waals surface area contributed by atoms with E-state index in [-0.39, 0.29) is 5.41 Å². The van der Waals surface area contributed by atoms with Crippen molar-refractivity contribution in [1.29, 1.82) is 5.26 Å². The van der Waals surface area contributed by atoms with E-state index in [1.54, 1.807) is 0 Å². The van der Waals surface area contributed by atoms with Crippen LogP contribution < -0.4 is 0 Å². The summed E-state index contributed by atoms with van der Waals surface area (Å²) in [4.78, 5) is 0. The van der Waals surface area contributed by atoms with Gasteiger partial charge in [0.05, 0.1) is 24.2 Å². The van der Waals surface area contributed by atoms with Gasteiger partial charge in [-0.15, -0.1) is 0 Å². The summed E-state index contributed by atoms with van der Waals surface area (Å²) in [6.45, 7) is 5.25. The molecule has 2 fully saturated rings. The van der Waals surface area contributed by atoms with Gasteiger partial charge in [0.1, 0.15) is 0 Å². The van der Waals surface area contributed by atoms with Crippen LogP contribution in [0, 0.1) is 28.6 Å². The number of hydrogen-bond acceptors (Lipinski definition) is 2. The van der Waals surface area contributed by atoms with E-state index in [2.05, 4.69) is 19.9 Å². The van der Waals surface area contributed by atoms with Crippen LogP contribution in [0.5, 0.6) is 0 Å². The number of unbranched alkanes of at least 4 members (excludes halogenated alkanes) is 4. The predicted octanol–water partition coefficient (Wildman–Crippen LogP) is 7.42. The topological polar surface area (TPSA) is 33.0 Å². The molecule has 26 heavy (non-hydrogen) atoms. The number of nitriles is 1. The van der Waals surface area contributed by atoms with Crippen molar-refractivity contribution in [2.45, 2.75) is 123 Å². The Morgan fingerprint density at radius 1 is 0.808 bits per heavy atom. The summed E-state index contributed by atoms with van der Waals surface area (Å²) in [6, 6.07) is 2.66. The van der Waals surface area contributed by atoms with E-state index < -0.39 is 0 Å². The molecule has 0 atom stereocenters. The first kappa shape index (κ1) is 21.7. The summed E-state index contributed by atoms with van der Waals surface area (Å²) >= 11 is 0. The summed E-state index contributed by atoms with van der Waals surface area (Å²) < 4.78 is 6.30. The van der Waals surface area contributed by atoms with Crippen molar-refractivity contribution in [1.82, 2.24) is 0 Å². The lowest BCUT2D eigenvalue weighted by molar-refractivity contribution is -0.0300. The average molecular weight is 362 g/mol. The summed E-state index contributed by atoms with van der Waals surface area (Å²) in [5.74, 6) is 1.80. The van der Waals surface area contributed by atoms with Crippen molar-refractivity contribution in [2.24, 2.45) is 17.3 Å². The molecule has 0 saturated heterocycles. The second kappa shape index (κ2) is 12.0. The van der Waals surface area contributed by atoms with Gasteiger partial charge in [-0.2, -0.15) is 5.26 Å². The van der Waals surface area contributed by atoms with Gasteiger partial charge in [-0.3, -0.25) is 0 Å². The second-order valence-corrected chi connectivity index (χ2v) is 9.28. The average Bonchev–Trinajstić information content (AvgIpc) is 2.70. The molecule has 0 unspecified atom stereocenters. The van der Waals surface area contributed by atoms with Crippen LogP contribution in [0.3, 0.4) is 0 Å². The molecular formula is C24H43NO.